The zero-order valence-corrected chi connectivity index (χ0v) is 13.7. The topological polar surface area (TPSA) is 39.1 Å². The number of nitrogens with one attached hydrogen (secondary N) is 1. The Morgan fingerprint density at radius 3 is 2.84 bits per heavy atom. The SMILES string of the molecule is COCCNCc1ccc(-n2cc(Br)cn2)cc1Br. The van der Waals surface area contributed by atoms with Crippen molar-refractivity contribution in [3.05, 3.63) is 45.1 Å². The third kappa shape index (κ3) is 4.14. The van der Waals surface area contributed by atoms with E-state index in [1.54, 1.807) is 13.3 Å². The van der Waals surface area contributed by atoms with Gasteiger partial charge in [-0.2, -0.15) is 5.10 Å². The summed E-state index contributed by atoms with van der Waals surface area (Å²) in [6.07, 6.45) is 3.70. The number of benzene rings is 1. The minimum absolute atomic E-state index is 0.719. The Kier molecular flexibility index (Phi) is 5.57. The number of halogens is 2. The molecule has 0 aliphatic heterocycles. The summed E-state index contributed by atoms with van der Waals surface area (Å²) in [7, 11) is 1.70. The summed E-state index contributed by atoms with van der Waals surface area (Å²) in [5.41, 5.74) is 2.24. The van der Waals surface area contributed by atoms with Crippen molar-refractivity contribution in [3.8, 4) is 5.69 Å². The second-order valence-corrected chi connectivity index (χ2v) is 5.82. The number of ether oxygens (including phenoxy) is 1. The van der Waals surface area contributed by atoms with Gasteiger partial charge in [-0.15, -0.1) is 0 Å². The van der Waals surface area contributed by atoms with Gasteiger partial charge in [0.15, 0.2) is 0 Å². The molecule has 0 saturated heterocycles. The van der Waals surface area contributed by atoms with Gasteiger partial charge in [-0.1, -0.05) is 22.0 Å². The minimum atomic E-state index is 0.719. The molecule has 1 aromatic heterocycles. The summed E-state index contributed by atoms with van der Waals surface area (Å²) >= 11 is 6.99. The molecular weight excluding hydrogens is 374 g/mol. The molecular formula is C13H15Br2N3O. The van der Waals surface area contributed by atoms with Gasteiger partial charge in [0.2, 0.25) is 0 Å². The van der Waals surface area contributed by atoms with Gasteiger partial charge < -0.3 is 10.1 Å². The van der Waals surface area contributed by atoms with E-state index >= 15 is 0 Å². The maximum atomic E-state index is 5.00. The van der Waals surface area contributed by atoms with Gasteiger partial charge in [0.1, 0.15) is 0 Å². The Labute approximate surface area is 129 Å². The molecule has 0 unspecified atom stereocenters. The molecule has 102 valence electrons. The Hall–Kier alpha value is -0.690. The molecule has 0 atom stereocenters. The van der Waals surface area contributed by atoms with Crippen LogP contribution in [-0.4, -0.2) is 30.0 Å². The van der Waals surface area contributed by atoms with E-state index in [1.807, 2.05) is 10.9 Å². The van der Waals surface area contributed by atoms with Crippen LogP contribution in [0.25, 0.3) is 5.69 Å². The van der Waals surface area contributed by atoms with Gasteiger partial charge in [-0.05, 0) is 33.6 Å². The lowest BCUT2D eigenvalue weighted by molar-refractivity contribution is 0.199. The van der Waals surface area contributed by atoms with Gasteiger partial charge in [-0.25, -0.2) is 4.68 Å². The Balaban J connectivity index is 2.04. The van der Waals surface area contributed by atoms with Crippen molar-refractivity contribution >= 4 is 31.9 Å². The molecule has 2 rings (SSSR count). The van der Waals surface area contributed by atoms with E-state index < -0.39 is 0 Å². The van der Waals surface area contributed by atoms with Crippen LogP contribution in [0.4, 0.5) is 0 Å². The normalized spacial score (nSPS) is 10.9. The van der Waals surface area contributed by atoms with Crippen LogP contribution >= 0.6 is 31.9 Å². The second kappa shape index (κ2) is 7.19. The molecule has 0 saturated carbocycles. The number of hydrogen-bond donors (Lipinski definition) is 1. The van der Waals surface area contributed by atoms with Crippen LogP contribution < -0.4 is 5.32 Å². The van der Waals surface area contributed by atoms with Crippen LogP contribution in [0.2, 0.25) is 0 Å². The minimum Gasteiger partial charge on any atom is -0.383 e. The van der Waals surface area contributed by atoms with Crippen molar-refractivity contribution in [2.75, 3.05) is 20.3 Å². The zero-order chi connectivity index (χ0) is 13.7. The standard InChI is InChI=1S/C13H15Br2N3O/c1-19-5-4-16-7-10-2-3-12(6-13(10)15)18-9-11(14)8-17-18/h2-3,6,8-9,16H,4-5,7H2,1H3. The summed E-state index contributed by atoms with van der Waals surface area (Å²) < 4.78 is 8.87. The van der Waals surface area contributed by atoms with Gasteiger partial charge in [-0.3, -0.25) is 0 Å². The predicted octanol–water partition coefficient (Wildman–Crippen LogP) is 3.13. The molecule has 0 aliphatic rings. The van der Waals surface area contributed by atoms with Crippen molar-refractivity contribution in [1.82, 2.24) is 15.1 Å². The number of aromatic nitrogens is 2. The molecule has 0 spiro atoms. The summed E-state index contributed by atoms with van der Waals surface area (Å²) in [4.78, 5) is 0. The average Bonchev–Trinajstić information content (AvgIpc) is 2.83. The maximum Gasteiger partial charge on any atom is 0.0657 e. The smallest absolute Gasteiger partial charge is 0.0657 e. The van der Waals surface area contributed by atoms with E-state index in [4.69, 9.17) is 4.74 Å². The van der Waals surface area contributed by atoms with Crippen molar-refractivity contribution in [3.63, 3.8) is 0 Å². The zero-order valence-electron chi connectivity index (χ0n) is 10.6. The summed E-state index contributed by atoms with van der Waals surface area (Å²) in [6, 6.07) is 6.21. The fraction of sp³-hybridized carbons (Fsp3) is 0.308. The second-order valence-electron chi connectivity index (χ2n) is 4.05. The molecule has 0 bridgehead atoms. The lowest BCUT2D eigenvalue weighted by atomic mass is 10.2. The highest BCUT2D eigenvalue weighted by Crippen LogP contribution is 2.21. The lowest BCUT2D eigenvalue weighted by Gasteiger charge is -2.09. The molecule has 0 fully saturated rings. The third-order valence-electron chi connectivity index (χ3n) is 2.65. The number of rotatable bonds is 6. The highest BCUT2D eigenvalue weighted by atomic mass is 79.9. The fourth-order valence-electron chi connectivity index (χ4n) is 1.66. The van der Waals surface area contributed by atoms with Gasteiger partial charge in [0.05, 0.1) is 23.0 Å². The van der Waals surface area contributed by atoms with Gasteiger partial charge in [0, 0.05) is 30.9 Å². The van der Waals surface area contributed by atoms with Crippen molar-refractivity contribution < 1.29 is 4.74 Å². The van der Waals surface area contributed by atoms with Crippen molar-refractivity contribution in [1.29, 1.82) is 0 Å². The summed E-state index contributed by atoms with van der Waals surface area (Å²) in [5.74, 6) is 0. The molecule has 4 nitrogen and oxygen atoms in total. The molecule has 19 heavy (non-hydrogen) atoms. The first-order valence-corrected chi connectivity index (χ1v) is 7.48. The molecule has 1 N–H and O–H groups in total. The lowest BCUT2D eigenvalue weighted by Crippen LogP contribution is -2.18. The Morgan fingerprint density at radius 2 is 2.21 bits per heavy atom. The Morgan fingerprint density at radius 1 is 1.37 bits per heavy atom. The molecule has 1 aromatic carbocycles. The van der Waals surface area contributed by atoms with Gasteiger partial charge >= 0.3 is 0 Å². The fourth-order valence-corrected chi connectivity index (χ4v) is 2.45. The summed E-state index contributed by atoms with van der Waals surface area (Å²) in [5, 5.41) is 7.58. The van der Waals surface area contributed by atoms with Crippen LogP contribution in [0, 0.1) is 0 Å². The van der Waals surface area contributed by atoms with Crippen LogP contribution in [0.3, 0.4) is 0 Å². The summed E-state index contributed by atoms with van der Waals surface area (Å²) in [6.45, 7) is 2.38. The molecule has 2 aromatic rings. The highest BCUT2D eigenvalue weighted by Gasteiger charge is 2.04. The van der Waals surface area contributed by atoms with Crippen LogP contribution in [0.1, 0.15) is 5.56 Å². The maximum absolute atomic E-state index is 5.00. The largest absolute Gasteiger partial charge is 0.383 e. The molecule has 0 radical (unpaired) electrons. The Bertz CT molecular complexity index is 542. The van der Waals surface area contributed by atoms with E-state index in [-0.39, 0.29) is 0 Å². The van der Waals surface area contributed by atoms with E-state index in [0.717, 1.165) is 34.3 Å². The first-order chi connectivity index (χ1) is 9.20. The molecule has 0 amide bonds. The van der Waals surface area contributed by atoms with Gasteiger partial charge in [0.25, 0.3) is 0 Å². The van der Waals surface area contributed by atoms with Crippen LogP contribution in [0.15, 0.2) is 39.5 Å². The molecule has 6 heteroatoms. The average molecular weight is 389 g/mol. The number of nitrogens with zero attached hydrogens (tertiary/aromatic N) is 2. The quantitative estimate of drug-likeness (QED) is 0.772. The highest BCUT2D eigenvalue weighted by molar-refractivity contribution is 9.10. The first-order valence-electron chi connectivity index (χ1n) is 5.89. The molecule has 0 aliphatic carbocycles. The van der Waals surface area contributed by atoms with E-state index in [1.165, 1.54) is 5.56 Å². The molecule has 1 heterocycles. The van der Waals surface area contributed by atoms with E-state index in [0.29, 0.717) is 0 Å². The van der Waals surface area contributed by atoms with Crippen LogP contribution in [0.5, 0.6) is 0 Å². The monoisotopic (exact) mass is 387 g/mol. The van der Waals surface area contributed by atoms with Crippen molar-refractivity contribution in [2.45, 2.75) is 6.54 Å². The van der Waals surface area contributed by atoms with Crippen LogP contribution in [-0.2, 0) is 11.3 Å². The number of hydrogen-bond acceptors (Lipinski definition) is 3. The number of methoxy groups -OCH3 is 1. The third-order valence-corrected chi connectivity index (χ3v) is 3.80. The van der Waals surface area contributed by atoms with Crippen molar-refractivity contribution in [2.24, 2.45) is 0 Å². The van der Waals surface area contributed by atoms with E-state index in [9.17, 15) is 0 Å². The van der Waals surface area contributed by atoms with E-state index in [2.05, 4.69) is 60.5 Å². The first kappa shape index (κ1) is 14.7. The predicted molar refractivity (Wildman–Crippen MR) is 82.5 cm³/mol.